The zero-order valence-corrected chi connectivity index (χ0v) is 11.0. The minimum absolute atomic E-state index is 0.0107. The summed E-state index contributed by atoms with van der Waals surface area (Å²) in [7, 11) is 0. The molecule has 6 nitrogen and oxygen atoms in total. The molecule has 106 valence electrons. The second-order valence-electron chi connectivity index (χ2n) is 4.76. The molecule has 0 saturated carbocycles. The highest BCUT2D eigenvalue weighted by Crippen LogP contribution is 2.33. The van der Waals surface area contributed by atoms with Gasteiger partial charge in [-0.25, -0.2) is 0 Å². The van der Waals surface area contributed by atoms with Crippen molar-refractivity contribution < 1.29 is 14.9 Å². The Hall–Kier alpha value is -2.73. The van der Waals surface area contributed by atoms with Gasteiger partial charge in [-0.2, -0.15) is 0 Å². The van der Waals surface area contributed by atoms with Crippen LogP contribution in [0.25, 0.3) is 0 Å². The quantitative estimate of drug-likeness (QED) is 0.693. The van der Waals surface area contributed by atoms with E-state index in [2.05, 4.69) is 5.16 Å². The lowest BCUT2D eigenvalue weighted by molar-refractivity contribution is -0.384. The van der Waals surface area contributed by atoms with Gasteiger partial charge in [-0.3, -0.25) is 10.1 Å². The normalized spacial score (nSPS) is 20.7. The summed E-state index contributed by atoms with van der Waals surface area (Å²) < 4.78 is 0. The Morgan fingerprint density at radius 2 is 1.81 bits per heavy atom. The molecule has 1 N–H and O–H groups in total. The van der Waals surface area contributed by atoms with Crippen molar-refractivity contribution >= 4 is 11.4 Å². The van der Waals surface area contributed by atoms with Gasteiger partial charge in [-0.1, -0.05) is 35.5 Å². The molecule has 0 amide bonds. The van der Waals surface area contributed by atoms with E-state index >= 15 is 0 Å². The van der Waals surface area contributed by atoms with Gasteiger partial charge < -0.3 is 9.94 Å². The van der Waals surface area contributed by atoms with Gasteiger partial charge in [0.1, 0.15) is 0 Å². The van der Waals surface area contributed by atoms with Crippen molar-refractivity contribution in [2.75, 3.05) is 0 Å². The standard InChI is InChI=1S/C15H12N2O4/c18-15(12-4-2-1-3-5-12)10-14(16-21-15)11-6-8-13(9-7-11)17(19)20/h1-9,18H,10H2. The number of nitro groups is 1. The minimum atomic E-state index is -1.49. The molecule has 0 radical (unpaired) electrons. The molecule has 1 atom stereocenters. The van der Waals surface area contributed by atoms with E-state index < -0.39 is 10.7 Å². The van der Waals surface area contributed by atoms with Crippen LogP contribution in [0.1, 0.15) is 17.5 Å². The number of nitrogens with zero attached hydrogens (tertiary/aromatic N) is 2. The average molecular weight is 284 g/mol. The van der Waals surface area contributed by atoms with Crippen LogP contribution >= 0.6 is 0 Å². The topological polar surface area (TPSA) is 85.0 Å². The largest absolute Gasteiger partial charge is 0.355 e. The van der Waals surface area contributed by atoms with E-state index in [0.29, 0.717) is 16.8 Å². The fourth-order valence-corrected chi connectivity index (χ4v) is 2.21. The predicted molar refractivity (Wildman–Crippen MR) is 75.7 cm³/mol. The van der Waals surface area contributed by atoms with Gasteiger partial charge in [-0.05, 0) is 12.1 Å². The molecular formula is C15H12N2O4. The number of rotatable bonds is 3. The highest BCUT2D eigenvalue weighted by Gasteiger charge is 2.39. The summed E-state index contributed by atoms with van der Waals surface area (Å²) in [6, 6.07) is 15.0. The van der Waals surface area contributed by atoms with E-state index in [0.717, 1.165) is 0 Å². The molecule has 21 heavy (non-hydrogen) atoms. The number of non-ortho nitro benzene ring substituents is 1. The van der Waals surface area contributed by atoms with Gasteiger partial charge >= 0.3 is 0 Å². The lowest BCUT2D eigenvalue weighted by Gasteiger charge is -2.19. The van der Waals surface area contributed by atoms with Crippen molar-refractivity contribution in [2.24, 2.45) is 5.16 Å². The van der Waals surface area contributed by atoms with Crippen molar-refractivity contribution in [3.05, 3.63) is 75.8 Å². The third-order valence-electron chi connectivity index (χ3n) is 3.35. The van der Waals surface area contributed by atoms with Crippen LogP contribution in [-0.4, -0.2) is 15.7 Å². The molecule has 1 aliphatic rings. The van der Waals surface area contributed by atoms with E-state index in [-0.39, 0.29) is 12.1 Å². The van der Waals surface area contributed by atoms with E-state index in [9.17, 15) is 15.2 Å². The molecule has 0 aliphatic carbocycles. The number of hydrogen-bond acceptors (Lipinski definition) is 5. The summed E-state index contributed by atoms with van der Waals surface area (Å²) in [5.41, 5.74) is 1.87. The number of nitro benzene ring substituents is 1. The summed E-state index contributed by atoms with van der Waals surface area (Å²) in [5.74, 6) is -1.49. The van der Waals surface area contributed by atoms with Gasteiger partial charge in [0.05, 0.1) is 17.1 Å². The first-order valence-corrected chi connectivity index (χ1v) is 6.36. The van der Waals surface area contributed by atoms with Crippen LogP contribution in [0.5, 0.6) is 0 Å². The van der Waals surface area contributed by atoms with Crippen molar-refractivity contribution in [3.8, 4) is 0 Å². The lowest BCUT2D eigenvalue weighted by Crippen LogP contribution is -2.25. The first kappa shape index (κ1) is 13.3. The van der Waals surface area contributed by atoms with E-state index in [1.54, 1.807) is 36.4 Å². The van der Waals surface area contributed by atoms with Crippen LogP contribution in [0.3, 0.4) is 0 Å². The molecule has 0 aromatic heterocycles. The van der Waals surface area contributed by atoms with E-state index in [1.165, 1.54) is 12.1 Å². The van der Waals surface area contributed by atoms with Crippen molar-refractivity contribution in [3.63, 3.8) is 0 Å². The predicted octanol–water partition coefficient (Wildman–Crippen LogP) is 2.56. The second kappa shape index (κ2) is 4.99. The van der Waals surface area contributed by atoms with Crippen LogP contribution in [0, 0.1) is 10.1 Å². The highest BCUT2D eigenvalue weighted by molar-refractivity contribution is 6.01. The molecule has 3 rings (SSSR count). The first-order valence-electron chi connectivity index (χ1n) is 6.36. The maximum Gasteiger partial charge on any atom is 0.269 e. The van der Waals surface area contributed by atoms with Crippen LogP contribution in [-0.2, 0) is 10.6 Å². The summed E-state index contributed by atoms with van der Waals surface area (Å²) in [6.45, 7) is 0. The Kier molecular flexibility index (Phi) is 3.15. The monoisotopic (exact) mass is 284 g/mol. The first-order chi connectivity index (χ1) is 10.1. The number of hydrogen-bond donors (Lipinski definition) is 1. The molecule has 2 aromatic rings. The molecule has 1 unspecified atom stereocenters. The fourth-order valence-electron chi connectivity index (χ4n) is 2.21. The second-order valence-corrected chi connectivity index (χ2v) is 4.76. The summed E-state index contributed by atoms with van der Waals surface area (Å²) in [5, 5.41) is 25.0. The van der Waals surface area contributed by atoms with Crippen molar-refractivity contribution in [1.29, 1.82) is 0 Å². The van der Waals surface area contributed by atoms with Crippen LogP contribution in [0.15, 0.2) is 59.8 Å². The lowest BCUT2D eigenvalue weighted by atomic mass is 9.97. The molecule has 1 heterocycles. The summed E-state index contributed by atoms with van der Waals surface area (Å²) in [6.07, 6.45) is 0.189. The molecule has 1 aliphatic heterocycles. The Morgan fingerprint density at radius 3 is 2.43 bits per heavy atom. The Balaban J connectivity index is 1.82. The van der Waals surface area contributed by atoms with Crippen molar-refractivity contribution in [2.45, 2.75) is 12.2 Å². The Morgan fingerprint density at radius 1 is 1.14 bits per heavy atom. The SMILES string of the molecule is O=[N+]([O-])c1ccc(C2=NOC(O)(c3ccccc3)C2)cc1. The average Bonchev–Trinajstić information content (AvgIpc) is 2.92. The molecule has 0 spiro atoms. The zero-order chi connectivity index (χ0) is 14.9. The third kappa shape index (κ3) is 2.48. The van der Waals surface area contributed by atoms with Gasteiger partial charge in [-0.15, -0.1) is 0 Å². The van der Waals surface area contributed by atoms with Crippen LogP contribution in [0.4, 0.5) is 5.69 Å². The highest BCUT2D eigenvalue weighted by atomic mass is 16.7. The summed E-state index contributed by atoms with van der Waals surface area (Å²) in [4.78, 5) is 15.4. The molecule has 2 aromatic carbocycles. The maximum atomic E-state index is 10.6. The molecule has 0 fully saturated rings. The molecule has 0 saturated heterocycles. The minimum Gasteiger partial charge on any atom is -0.355 e. The van der Waals surface area contributed by atoms with Crippen LogP contribution in [0.2, 0.25) is 0 Å². The maximum absolute atomic E-state index is 10.6. The van der Waals surface area contributed by atoms with Gasteiger partial charge in [0.15, 0.2) is 0 Å². The number of benzene rings is 2. The number of oxime groups is 1. The van der Waals surface area contributed by atoms with Gasteiger partial charge in [0.2, 0.25) is 0 Å². The van der Waals surface area contributed by atoms with E-state index in [4.69, 9.17) is 4.84 Å². The van der Waals surface area contributed by atoms with Crippen molar-refractivity contribution in [1.82, 2.24) is 0 Å². The summed E-state index contributed by atoms with van der Waals surface area (Å²) >= 11 is 0. The van der Waals surface area contributed by atoms with Gasteiger partial charge in [0.25, 0.3) is 11.5 Å². The Bertz CT molecular complexity index is 697. The fraction of sp³-hybridized carbons (Fsp3) is 0.133. The smallest absolute Gasteiger partial charge is 0.269 e. The molecule has 0 bridgehead atoms. The van der Waals surface area contributed by atoms with Crippen LogP contribution < -0.4 is 0 Å². The molecular weight excluding hydrogens is 272 g/mol. The zero-order valence-electron chi connectivity index (χ0n) is 11.0. The molecule has 6 heteroatoms. The van der Waals surface area contributed by atoms with E-state index in [1.807, 2.05) is 6.07 Å². The van der Waals surface area contributed by atoms with Gasteiger partial charge in [0, 0.05) is 23.3 Å². The number of aliphatic hydroxyl groups is 1. The Labute approximate surface area is 120 Å². The third-order valence-corrected chi connectivity index (χ3v) is 3.35.